The molecule has 7 nitrogen and oxygen atoms in total. The molecule has 6 aliphatic rings. The van der Waals surface area contributed by atoms with E-state index in [-0.39, 0.29) is 46.6 Å². The molecule has 1 amide bonds. The Kier molecular flexibility index (Phi) is 9.46. The van der Waals surface area contributed by atoms with Gasteiger partial charge in [-0.2, -0.15) is 0 Å². The van der Waals surface area contributed by atoms with Crippen LogP contribution in [0.25, 0.3) is 0 Å². The maximum Gasteiger partial charge on any atom is 0.306 e. The van der Waals surface area contributed by atoms with Gasteiger partial charge in [0.2, 0.25) is 5.91 Å². The van der Waals surface area contributed by atoms with Crippen LogP contribution in [0.15, 0.2) is 0 Å². The first-order valence-corrected chi connectivity index (χ1v) is 19.8. The summed E-state index contributed by atoms with van der Waals surface area (Å²) in [6.07, 6.45) is 15.1. The summed E-state index contributed by atoms with van der Waals surface area (Å²) >= 11 is 0. The molecule has 48 heavy (non-hydrogen) atoms. The number of rotatable bonds is 9. The zero-order valence-corrected chi connectivity index (χ0v) is 31.7. The molecule has 0 aromatic rings. The number of hydrogen-bond acceptors (Lipinski definition) is 5. The van der Waals surface area contributed by atoms with Crippen LogP contribution in [-0.2, 0) is 19.1 Å². The van der Waals surface area contributed by atoms with Crippen molar-refractivity contribution < 1.29 is 24.2 Å². The number of ether oxygens (including phenoxy) is 1. The largest absolute Gasteiger partial charge is 0.481 e. The van der Waals surface area contributed by atoms with Gasteiger partial charge in [-0.05, 0) is 128 Å². The predicted octanol–water partition coefficient (Wildman–Crippen LogP) is 8.25. The van der Waals surface area contributed by atoms with Crippen molar-refractivity contribution in [2.45, 2.75) is 164 Å². The number of hydrogen-bond donors (Lipinski definition) is 2. The van der Waals surface area contributed by atoms with Crippen molar-refractivity contribution in [1.82, 2.24) is 10.2 Å². The number of carbonyl (C=O) groups excluding carboxylic acids is 2. The highest BCUT2D eigenvalue weighted by molar-refractivity contribution is 5.77. The number of nitrogens with zero attached hydrogens (tertiary/aromatic N) is 1. The van der Waals surface area contributed by atoms with Gasteiger partial charge in [-0.3, -0.25) is 14.4 Å². The van der Waals surface area contributed by atoms with Crippen molar-refractivity contribution >= 4 is 17.8 Å². The van der Waals surface area contributed by atoms with E-state index in [0.29, 0.717) is 41.0 Å². The van der Waals surface area contributed by atoms with E-state index in [4.69, 9.17) is 4.74 Å². The summed E-state index contributed by atoms with van der Waals surface area (Å²) in [6, 6.07) is 0.459. The van der Waals surface area contributed by atoms with Gasteiger partial charge in [-0.25, -0.2) is 0 Å². The molecule has 6 fully saturated rings. The maximum absolute atomic E-state index is 13.8. The molecule has 1 aliphatic heterocycles. The number of amides is 1. The number of aliphatic carboxylic acids is 1. The second kappa shape index (κ2) is 12.5. The second-order valence-electron chi connectivity index (χ2n) is 19.8. The van der Waals surface area contributed by atoms with E-state index in [9.17, 15) is 19.5 Å². The summed E-state index contributed by atoms with van der Waals surface area (Å²) in [7, 11) is 0. The zero-order chi connectivity index (χ0) is 34.9. The number of likely N-dealkylation sites (N-methyl/N-ethyl adjacent to an activating group) is 1. The van der Waals surface area contributed by atoms with E-state index in [1.807, 2.05) is 13.8 Å². The molecular formula is C41H68N2O5. The van der Waals surface area contributed by atoms with Crippen LogP contribution in [0.3, 0.4) is 0 Å². The fourth-order valence-electron chi connectivity index (χ4n) is 14.1. The highest BCUT2D eigenvalue weighted by atomic mass is 16.5. The molecule has 5 aliphatic carbocycles. The fraction of sp³-hybridized carbons (Fsp3) is 0.927. The lowest BCUT2D eigenvalue weighted by Gasteiger charge is -2.72. The predicted molar refractivity (Wildman–Crippen MR) is 189 cm³/mol. The average Bonchev–Trinajstić information content (AvgIpc) is 3.62. The molecule has 2 unspecified atom stereocenters. The summed E-state index contributed by atoms with van der Waals surface area (Å²) in [5.41, 5.74) is 0.213. The maximum atomic E-state index is 13.8. The van der Waals surface area contributed by atoms with Crippen LogP contribution in [-0.4, -0.2) is 59.6 Å². The average molecular weight is 669 g/mol. The van der Waals surface area contributed by atoms with Gasteiger partial charge in [0.05, 0.1) is 12.8 Å². The monoisotopic (exact) mass is 669 g/mol. The minimum absolute atomic E-state index is 0.0369. The highest BCUT2D eigenvalue weighted by Crippen LogP contribution is 2.77. The zero-order valence-electron chi connectivity index (χ0n) is 31.7. The third-order valence-electron chi connectivity index (χ3n) is 16.5. The number of carboxylic acid groups (broad SMARTS) is 1. The van der Waals surface area contributed by atoms with Crippen LogP contribution < -0.4 is 5.32 Å². The Labute approximate surface area is 291 Å². The topological polar surface area (TPSA) is 95.9 Å². The summed E-state index contributed by atoms with van der Waals surface area (Å²) < 4.78 is 6.26. The van der Waals surface area contributed by atoms with Gasteiger partial charge in [0.25, 0.3) is 0 Å². The Morgan fingerprint density at radius 2 is 1.58 bits per heavy atom. The van der Waals surface area contributed by atoms with Gasteiger partial charge in [0.15, 0.2) is 0 Å². The number of carboxylic acids is 1. The Morgan fingerprint density at radius 1 is 0.833 bits per heavy atom. The van der Waals surface area contributed by atoms with Crippen molar-refractivity contribution in [2.24, 2.45) is 56.2 Å². The summed E-state index contributed by atoms with van der Waals surface area (Å²) in [6.45, 7) is 21.2. The standard InChI is InChI=1S/C41H68N2O5/c1-9-42-27-16-22-43(26-27)33(44)23-41-17-10-11-29(41)28-12-13-31-38(6)18-15-32(48-35(47)25-36(2,3)24-34(45)46)37(4,5)30(38)14-19-40(31,8)39(28,7)20-21-41/h27-32,42H,9-26H2,1-8H3,(H,45,46)/t27-,28-,29-,30?,31?,32+,38+,39-,40-,41-/m1/s1. The first-order valence-electron chi connectivity index (χ1n) is 19.8. The van der Waals surface area contributed by atoms with Crippen LogP contribution in [0.5, 0.6) is 0 Å². The Balaban J connectivity index is 1.17. The molecule has 272 valence electrons. The van der Waals surface area contributed by atoms with E-state index < -0.39 is 11.4 Å². The van der Waals surface area contributed by atoms with Crippen LogP contribution in [0.4, 0.5) is 0 Å². The molecular weight excluding hydrogens is 600 g/mol. The smallest absolute Gasteiger partial charge is 0.306 e. The SMILES string of the molecule is CCN[C@@H]1CCN(C(=O)C[C@]23CCC[C@@H]2[C@H]2CCC4[C@@]5(C)CC[C@H](OC(=O)CC(C)(C)CC(=O)O)C(C)(C)C5CC[C@@]4(C)[C@]2(C)CC3)C1. The Bertz CT molecular complexity index is 1260. The Morgan fingerprint density at radius 3 is 2.29 bits per heavy atom. The molecule has 0 spiro atoms. The minimum Gasteiger partial charge on any atom is -0.481 e. The lowest BCUT2D eigenvalue weighted by Crippen LogP contribution is -2.66. The molecule has 1 saturated heterocycles. The van der Waals surface area contributed by atoms with Crippen molar-refractivity contribution in [3.63, 3.8) is 0 Å². The highest BCUT2D eigenvalue weighted by Gasteiger charge is 2.70. The van der Waals surface area contributed by atoms with Crippen molar-refractivity contribution in [2.75, 3.05) is 19.6 Å². The van der Waals surface area contributed by atoms with Crippen molar-refractivity contribution in [1.29, 1.82) is 0 Å². The minimum atomic E-state index is -0.874. The molecule has 0 bridgehead atoms. The number of nitrogens with one attached hydrogen (secondary N) is 1. The fourth-order valence-corrected chi connectivity index (χ4v) is 14.1. The molecule has 6 rings (SSSR count). The number of likely N-dealkylation sites (tertiary alicyclic amines) is 1. The summed E-state index contributed by atoms with van der Waals surface area (Å²) in [5.74, 6) is 1.81. The summed E-state index contributed by atoms with van der Waals surface area (Å²) in [5, 5.41) is 12.9. The molecule has 10 atom stereocenters. The number of esters is 1. The lowest BCUT2D eigenvalue weighted by molar-refractivity contribution is -0.248. The molecule has 2 N–H and O–H groups in total. The Hall–Kier alpha value is -1.63. The van der Waals surface area contributed by atoms with Gasteiger partial charge < -0.3 is 20.1 Å². The van der Waals surface area contributed by atoms with Crippen LogP contribution in [0, 0.1) is 56.2 Å². The van der Waals surface area contributed by atoms with E-state index in [1.54, 1.807) is 0 Å². The summed E-state index contributed by atoms with van der Waals surface area (Å²) in [4.78, 5) is 40.5. The van der Waals surface area contributed by atoms with Gasteiger partial charge in [0.1, 0.15) is 6.10 Å². The van der Waals surface area contributed by atoms with Crippen LogP contribution in [0.2, 0.25) is 0 Å². The molecule has 0 aromatic heterocycles. The second-order valence-corrected chi connectivity index (χ2v) is 19.8. The van der Waals surface area contributed by atoms with E-state index in [0.717, 1.165) is 45.3 Å². The first-order chi connectivity index (χ1) is 22.4. The molecule has 1 heterocycles. The quantitative estimate of drug-likeness (QED) is 0.240. The number of fused-ring (bicyclic) bond motifs is 7. The van der Waals surface area contributed by atoms with Crippen molar-refractivity contribution in [3.8, 4) is 0 Å². The van der Waals surface area contributed by atoms with Gasteiger partial charge >= 0.3 is 11.9 Å². The molecule has 0 radical (unpaired) electrons. The van der Waals surface area contributed by atoms with Gasteiger partial charge in [0, 0.05) is 31.0 Å². The van der Waals surface area contributed by atoms with E-state index in [2.05, 4.69) is 51.8 Å². The third-order valence-corrected chi connectivity index (χ3v) is 16.5. The van der Waals surface area contributed by atoms with Gasteiger partial charge in [-0.1, -0.05) is 61.8 Å². The molecule has 5 saturated carbocycles. The number of carbonyl (C=O) groups is 3. The molecule has 7 heteroatoms. The first kappa shape index (κ1) is 36.2. The van der Waals surface area contributed by atoms with Gasteiger partial charge in [-0.15, -0.1) is 0 Å². The lowest BCUT2D eigenvalue weighted by atomic mass is 9.32. The molecule has 0 aromatic carbocycles. The van der Waals surface area contributed by atoms with Crippen LogP contribution in [0.1, 0.15) is 152 Å². The van der Waals surface area contributed by atoms with E-state index >= 15 is 0 Å². The van der Waals surface area contributed by atoms with Crippen LogP contribution >= 0.6 is 0 Å². The van der Waals surface area contributed by atoms with E-state index in [1.165, 1.54) is 57.8 Å². The van der Waals surface area contributed by atoms with Crippen molar-refractivity contribution in [3.05, 3.63) is 0 Å². The normalized spacial score (nSPS) is 43.5. The third kappa shape index (κ3) is 5.86.